The second-order valence-electron chi connectivity index (χ2n) is 7.89. The molecule has 0 aromatic carbocycles. The summed E-state index contributed by atoms with van der Waals surface area (Å²) in [6.07, 6.45) is 5.71. The van der Waals surface area contributed by atoms with E-state index >= 15 is 0 Å². The average molecular weight is 370 g/mol. The van der Waals surface area contributed by atoms with Gasteiger partial charge < -0.3 is 10.0 Å². The van der Waals surface area contributed by atoms with Gasteiger partial charge in [0.15, 0.2) is 0 Å². The Morgan fingerprint density at radius 1 is 1.22 bits per heavy atom. The van der Waals surface area contributed by atoms with Crippen molar-refractivity contribution in [1.82, 2.24) is 24.6 Å². The van der Waals surface area contributed by atoms with Crippen LogP contribution in [0.2, 0.25) is 0 Å². The number of carbonyl (C=O) groups is 1. The van der Waals surface area contributed by atoms with Gasteiger partial charge in [-0.3, -0.25) is 5.32 Å². The Labute approximate surface area is 158 Å². The minimum atomic E-state index is -0.223. The number of nitrogens with zero attached hydrogens (tertiary/aromatic N) is 5. The maximum atomic E-state index is 12.9. The molecule has 0 spiro atoms. The molecule has 3 unspecified atom stereocenters. The molecule has 8 nitrogen and oxygen atoms in total. The first-order valence-electron chi connectivity index (χ1n) is 9.62. The number of amides is 2. The summed E-state index contributed by atoms with van der Waals surface area (Å²) in [6.45, 7) is 5.55. The summed E-state index contributed by atoms with van der Waals surface area (Å²) in [6, 6.07) is 3.49. The molecule has 1 aliphatic carbocycles. The van der Waals surface area contributed by atoms with Gasteiger partial charge in [0.1, 0.15) is 5.82 Å². The summed E-state index contributed by atoms with van der Waals surface area (Å²) in [7, 11) is 0. The highest BCUT2D eigenvalue weighted by Gasteiger charge is 2.39. The number of rotatable bonds is 3. The highest BCUT2D eigenvalue weighted by molar-refractivity contribution is 5.89. The summed E-state index contributed by atoms with van der Waals surface area (Å²) in [5, 5.41) is 17.4. The lowest BCUT2D eigenvalue weighted by molar-refractivity contribution is 0.0866. The Kier molecular flexibility index (Phi) is 4.82. The van der Waals surface area contributed by atoms with E-state index in [0.29, 0.717) is 30.1 Å². The van der Waals surface area contributed by atoms with E-state index in [-0.39, 0.29) is 18.1 Å². The standard InChI is InChI=1S/C19H26N6O2/c1-12(2)16-9-17(25(23-16)18-20-6-3-7-21-18)22-19(27)24-10-13-4-5-15(26)8-14(13)11-24/h3,6-7,9,12-15,26H,4-5,8,10-11H2,1-2H3,(H,22,27). The van der Waals surface area contributed by atoms with Crippen molar-refractivity contribution in [2.24, 2.45) is 11.8 Å². The molecule has 2 N–H and O–H groups in total. The Bertz CT molecular complexity index is 806. The molecule has 8 heteroatoms. The first-order chi connectivity index (χ1) is 13.0. The molecule has 0 radical (unpaired) electrons. The molecule has 3 heterocycles. The second-order valence-corrected chi connectivity index (χ2v) is 7.89. The zero-order valence-corrected chi connectivity index (χ0v) is 15.7. The molecule has 2 aliphatic rings. The number of fused-ring (bicyclic) bond motifs is 1. The number of hydrogen-bond donors (Lipinski definition) is 2. The average Bonchev–Trinajstić information content (AvgIpc) is 3.26. The first-order valence-corrected chi connectivity index (χ1v) is 9.62. The topological polar surface area (TPSA) is 96.2 Å². The third-order valence-corrected chi connectivity index (χ3v) is 5.61. The van der Waals surface area contributed by atoms with Gasteiger partial charge in [-0.05, 0) is 43.1 Å². The number of carbonyl (C=O) groups excluding carboxylic acids is 1. The molecule has 2 amide bonds. The third-order valence-electron chi connectivity index (χ3n) is 5.61. The Balaban J connectivity index is 1.53. The van der Waals surface area contributed by atoms with Crippen LogP contribution in [0, 0.1) is 11.8 Å². The smallest absolute Gasteiger partial charge is 0.323 e. The lowest BCUT2D eigenvalue weighted by Crippen LogP contribution is -2.34. The van der Waals surface area contributed by atoms with Crippen molar-refractivity contribution in [1.29, 1.82) is 0 Å². The van der Waals surface area contributed by atoms with Gasteiger partial charge in [0, 0.05) is 31.5 Å². The van der Waals surface area contributed by atoms with Gasteiger partial charge in [-0.25, -0.2) is 14.8 Å². The Hall–Kier alpha value is -2.48. The van der Waals surface area contributed by atoms with Crippen LogP contribution in [0.1, 0.15) is 44.7 Å². The van der Waals surface area contributed by atoms with Crippen LogP contribution in [0.15, 0.2) is 24.5 Å². The highest BCUT2D eigenvalue weighted by atomic mass is 16.3. The second kappa shape index (κ2) is 7.26. The maximum absolute atomic E-state index is 12.9. The summed E-state index contributed by atoms with van der Waals surface area (Å²) in [4.78, 5) is 23.2. The zero-order valence-electron chi connectivity index (χ0n) is 15.7. The van der Waals surface area contributed by atoms with Gasteiger partial charge >= 0.3 is 6.03 Å². The van der Waals surface area contributed by atoms with Crippen molar-refractivity contribution in [2.75, 3.05) is 18.4 Å². The van der Waals surface area contributed by atoms with Crippen molar-refractivity contribution in [2.45, 2.75) is 45.1 Å². The van der Waals surface area contributed by atoms with E-state index < -0.39 is 0 Å². The van der Waals surface area contributed by atoms with Crippen molar-refractivity contribution >= 4 is 11.8 Å². The van der Waals surface area contributed by atoms with Gasteiger partial charge in [0.25, 0.3) is 5.95 Å². The van der Waals surface area contributed by atoms with Crippen LogP contribution in [0.4, 0.5) is 10.6 Å². The summed E-state index contributed by atoms with van der Waals surface area (Å²) < 4.78 is 1.58. The minimum Gasteiger partial charge on any atom is -0.393 e. The van der Waals surface area contributed by atoms with Gasteiger partial charge in [-0.15, -0.1) is 0 Å². The van der Waals surface area contributed by atoms with E-state index in [9.17, 15) is 9.90 Å². The number of likely N-dealkylation sites (tertiary alicyclic amines) is 1. The quantitative estimate of drug-likeness (QED) is 0.865. The summed E-state index contributed by atoms with van der Waals surface area (Å²) >= 11 is 0. The molecule has 3 atom stereocenters. The SMILES string of the molecule is CC(C)c1cc(NC(=O)N2CC3CCC(O)CC3C2)n(-c2ncccn2)n1. The molecule has 4 rings (SSSR count). The molecule has 27 heavy (non-hydrogen) atoms. The monoisotopic (exact) mass is 370 g/mol. The highest BCUT2D eigenvalue weighted by Crippen LogP contribution is 2.36. The predicted molar refractivity (Wildman–Crippen MR) is 101 cm³/mol. The Morgan fingerprint density at radius 3 is 2.70 bits per heavy atom. The molecule has 0 bridgehead atoms. The van der Waals surface area contributed by atoms with E-state index in [4.69, 9.17) is 0 Å². The van der Waals surface area contributed by atoms with Crippen molar-refractivity contribution in [3.05, 3.63) is 30.2 Å². The van der Waals surface area contributed by atoms with E-state index in [1.165, 1.54) is 0 Å². The largest absolute Gasteiger partial charge is 0.393 e. The molecular formula is C19H26N6O2. The molecule has 2 aromatic rings. The van der Waals surface area contributed by atoms with Crippen LogP contribution in [-0.2, 0) is 0 Å². The van der Waals surface area contributed by atoms with Gasteiger partial charge in [-0.2, -0.15) is 9.78 Å². The lowest BCUT2D eigenvalue weighted by Gasteiger charge is -2.27. The number of urea groups is 1. The fourth-order valence-corrected chi connectivity index (χ4v) is 4.08. The molecule has 2 aromatic heterocycles. The number of aromatic nitrogens is 4. The number of nitrogens with one attached hydrogen (secondary N) is 1. The van der Waals surface area contributed by atoms with Gasteiger partial charge in [0.05, 0.1) is 11.8 Å². The molecule has 1 saturated heterocycles. The molecular weight excluding hydrogens is 344 g/mol. The summed E-state index contributed by atoms with van der Waals surface area (Å²) in [5.74, 6) is 2.12. The van der Waals surface area contributed by atoms with Crippen molar-refractivity contribution in [3.8, 4) is 5.95 Å². The van der Waals surface area contributed by atoms with E-state index in [1.54, 1.807) is 23.1 Å². The molecule has 144 valence electrons. The van der Waals surface area contributed by atoms with Crippen LogP contribution >= 0.6 is 0 Å². The van der Waals surface area contributed by atoms with E-state index in [1.807, 2.05) is 11.0 Å². The van der Waals surface area contributed by atoms with Crippen LogP contribution in [-0.4, -0.2) is 55.0 Å². The number of hydrogen-bond acceptors (Lipinski definition) is 5. The maximum Gasteiger partial charge on any atom is 0.323 e. The predicted octanol–water partition coefficient (Wildman–Crippen LogP) is 2.41. The molecule has 2 fully saturated rings. The van der Waals surface area contributed by atoms with Crippen LogP contribution in [0.5, 0.6) is 0 Å². The normalized spacial score (nSPS) is 24.9. The van der Waals surface area contributed by atoms with Gasteiger partial charge in [-0.1, -0.05) is 13.8 Å². The molecule has 1 aliphatic heterocycles. The number of aliphatic hydroxyl groups excluding tert-OH is 1. The van der Waals surface area contributed by atoms with Crippen molar-refractivity contribution in [3.63, 3.8) is 0 Å². The number of anilines is 1. The van der Waals surface area contributed by atoms with Crippen LogP contribution in [0.3, 0.4) is 0 Å². The van der Waals surface area contributed by atoms with E-state index in [0.717, 1.165) is 31.5 Å². The fraction of sp³-hybridized carbons (Fsp3) is 0.579. The van der Waals surface area contributed by atoms with Crippen LogP contribution < -0.4 is 5.32 Å². The first kappa shape index (κ1) is 17.9. The Morgan fingerprint density at radius 2 is 1.96 bits per heavy atom. The van der Waals surface area contributed by atoms with Gasteiger partial charge in [0.2, 0.25) is 0 Å². The third kappa shape index (κ3) is 3.66. The van der Waals surface area contributed by atoms with E-state index in [2.05, 4.69) is 34.2 Å². The lowest BCUT2D eigenvalue weighted by atomic mass is 9.80. The van der Waals surface area contributed by atoms with Crippen LogP contribution in [0.25, 0.3) is 5.95 Å². The summed E-state index contributed by atoms with van der Waals surface area (Å²) in [5.41, 5.74) is 0.871. The fourth-order valence-electron chi connectivity index (χ4n) is 4.08. The minimum absolute atomic E-state index is 0.133. The van der Waals surface area contributed by atoms with Crippen molar-refractivity contribution < 1.29 is 9.90 Å². The zero-order chi connectivity index (χ0) is 19.0. The number of aliphatic hydroxyl groups is 1. The molecule has 1 saturated carbocycles.